The van der Waals surface area contributed by atoms with E-state index >= 15 is 0 Å². The molecule has 1 amide bonds. The number of aliphatic hydroxyl groups excluding tert-OH is 2. The van der Waals surface area contributed by atoms with E-state index in [1.807, 2.05) is 58.1 Å². The smallest absolute Gasteiger partial charge is 0.329 e. The van der Waals surface area contributed by atoms with Crippen LogP contribution in [0.1, 0.15) is 126 Å². The van der Waals surface area contributed by atoms with Crippen molar-refractivity contribution in [2.75, 3.05) is 27.9 Å². The SMILES string of the molecule is COC1C[C@@H]2CC[C@@H](C)[C@@](O)(O2)C(=O)C(=O)N2CCCC[C@H]2C(=O)O[C@H]([C@H](C)C[C@@H]2CC[C@@H](O)[C@H](OC)C2)CC(=O)[C@H](C)/C=C(\C)[C@@H](O)C(OC)C(=O)[C@H](C)C[C@H](C)/C=C/C=C/C=C/1C. The van der Waals surface area contributed by atoms with E-state index in [1.54, 1.807) is 41.1 Å². The molecule has 3 heterocycles. The van der Waals surface area contributed by atoms with E-state index in [-0.39, 0.29) is 54.8 Å². The van der Waals surface area contributed by atoms with Crippen LogP contribution in [0.25, 0.3) is 0 Å². The third-order valence-electron chi connectivity index (χ3n) is 14.5. The standard InChI is InChI=1S/C51H79NO13/c1-30-16-12-11-13-17-31(2)42(61-8)28-38-21-19-36(7)51(60,65-38)48(57)49(58)52-23-15-14-18-39(52)50(59)64-43(33(4)26-37-20-22-40(53)44(27-37)62-9)29-41(54)32(3)25-35(6)46(56)47(63-10)45(55)34(5)24-30/h11-13,16-17,25,30,32-34,36-40,42-44,46-47,53,56,60H,14-15,18-24,26-29H2,1-10H3/b13-11+,16-12+,31-17+,35-25+/t30-,32-,33-,34-,36-,37+,38+,39+,40-,42?,43+,44-,46-,47?,51-/m1/s1. The predicted molar refractivity (Wildman–Crippen MR) is 245 cm³/mol. The lowest BCUT2D eigenvalue weighted by molar-refractivity contribution is -0.265. The molecule has 1 aliphatic carbocycles. The molecule has 0 aromatic rings. The van der Waals surface area contributed by atoms with Crippen LogP contribution in [-0.2, 0) is 47.7 Å². The molecule has 2 bridgehead atoms. The largest absolute Gasteiger partial charge is 0.460 e. The number of piperidine rings is 1. The van der Waals surface area contributed by atoms with Crippen LogP contribution in [0.4, 0.5) is 0 Å². The van der Waals surface area contributed by atoms with Crippen molar-refractivity contribution in [3.05, 3.63) is 47.6 Å². The minimum absolute atomic E-state index is 0.0193. The van der Waals surface area contributed by atoms with Crippen LogP contribution in [0.3, 0.4) is 0 Å². The number of carbonyl (C=O) groups excluding carboxylic acids is 5. The second-order valence-electron chi connectivity index (χ2n) is 19.6. The van der Waals surface area contributed by atoms with Crippen LogP contribution in [0, 0.1) is 35.5 Å². The highest BCUT2D eigenvalue weighted by Gasteiger charge is 2.53. The fraction of sp³-hybridized carbons (Fsp3) is 0.745. The predicted octanol–water partition coefficient (Wildman–Crippen LogP) is 6.18. The second kappa shape index (κ2) is 25.1. The van der Waals surface area contributed by atoms with E-state index in [0.29, 0.717) is 63.4 Å². The highest BCUT2D eigenvalue weighted by molar-refractivity contribution is 6.39. The molecule has 2 unspecified atom stereocenters. The molecule has 366 valence electrons. The summed E-state index contributed by atoms with van der Waals surface area (Å²) in [6, 6.07) is -1.14. The molecule has 3 N–H and O–H groups in total. The van der Waals surface area contributed by atoms with Gasteiger partial charge >= 0.3 is 5.97 Å². The van der Waals surface area contributed by atoms with Crippen molar-refractivity contribution in [3.63, 3.8) is 0 Å². The van der Waals surface area contributed by atoms with Crippen molar-refractivity contribution in [3.8, 4) is 0 Å². The zero-order valence-corrected chi connectivity index (χ0v) is 40.6. The number of hydrogen-bond donors (Lipinski definition) is 3. The molecule has 14 nitrogen and oxygen atoms in total. The van der Waals surface area contributed by atoms with Gasteiger partial charge in [0.1, 0.15) is 30.1 Å². The molecule has 3 aliphatic heterocycles. The number of aliphatic hydroxyl groups is 3. The number of methoxy groups -OCH3 is 3. The third-order valence-corrected chi connectivity index (χ3v) is 14.5. The molecule has 15 atom stereocenters. The van der Waals surface area contributed by atoms with Gasteiger partial charge in [-0.3, -0.25) is 19.2 Å². The normalized spacial score (nSPS) is 40.4. The summed E-state index contributed by atoms with van der Waals surface area (Å²) in [6.07, 6.45) is 11.2. The van der Waals surface area contributed by atoms with E-state index in [1.165, 1.54) is 12.0 Å². The molecular formula is C51H79NO13. The molecule has 4 aliphatic rings. The molecule has 14 heteroatoms. The van der Waals surface area contributed by atoms with Crippen LogP contribution >= 0.6 is 0 Å². The lowest BCUT2D eigenvalue weighted by atomic mass is 9.78. The van der Waals surface area contributed by atoms with Gasteiger partial charge in [-0.15, -0.1) is 0 Å². The number of esters is 1. The molecule has 0 radical (unpaired) electrons. The number of Topliss-reactive ketones (excluding diaryl/α,β-unsaturated/α-hetero) is 3. The summed E-state index contributed by atoms with van der Waals surface area (Å²) in [5.74, 6) is -7.96. The highest BCUT2D eigenvalue weighted by atomic mass is 16.6. The van der Waals surface area contributed by atoms with Crippen LogP contribution < -0.4 is 0 Å². The summed E-state index contributed by atoms with van der Waals surface area (Å²) in [5.41, 5.74) is 1.27. The maximum atomic E-state index is 14.4. The Morgan fingerprint density at radius 1 is 0.846 bits per heavy atom. The van der Waals surface area contributed by atoms with Gasteiger partial charge in [-0.1, -0.05) is 71.1 Å². The monoisotopic (exact) mass is 914 g/mol. The van der Waals surface area contributed by atoms with E-state index in [0.717, 1.165) is 12.0 Å². The van der Waals surface area contributed by atoms with Gasteiger partial charge < -0.3 is 43.9 Å². The number of rotatable bonds is 6. The first kappa shape index (κ1) is 54.2. The lowest BCUT2D eigenvalue weighted by Gasteiger charge is -2.42. The Morgan fingerprint density at radius 3 is 2.25 bits per heavy atom. The molecule has 65 heavy (non-hydrogen) atoms. The summed E-state index contributed by atoms with van der Waals surface area (Å²) in [7, 11) is 4.52. The first-order valence-electron chi connectivity index (χ1n) is 23.9. The summed E-state index contributed by atoms with van der Waals surface area (Å²) < 4.78 is 29.4. The van der Waals surface area contributed by atoms with Crippen LogP contribution in [0.15, 0.2) is 47.6 Å². The maximum Gasteiger partial charge on any atom is 0.329 e. The molecule has 1 saturated carbocycles. The molecule has 0 spiro atoms. The highest BCUT2D eigenvalue weighted by Crippen LogP contribution is 2.38. The van der Waals surface area contributed by atoms with Crippen molar-refractivity contribution in [2.24, 2.45) is 35.5 Å². The Bertz CT molecular complexity index is 1760. The number of nitrogens with zero attached hydrogens (tertiary/aromatic N) is 1. The molecule has 2 saturated heterocycles. The number of amides is 1. The number of ketones is 3. The van der Waals surface area contributed by atoms with E-state index < -0.39 is 83.9 Å². The van der Waals surface area contributed by atoms with E-state index in [9.17, 15) is 39.3 Å². The van der Waals surface area contributed by atoms with Crippen LogP contribution in [-0.4, -0.2) is 132 Å². The summed E-state index contributed by atoms with van der Waals surface area (Å²) in [6.45, 7) is 12.7. The fourth-order valence-electron chi connectivity index (χ4n) is 10.1. The average Bonchev–Trinajstić information content (AvgIpc) is 3.28. The molecule has 0 aromatic carbocycles. The van der Waals surface area contributed by atoms with Gasteiger partial charge in [-0.05, 0) is 107 Å². The van der Waals surface area contributed by atoms with Gasteiger partial charge in [0.05, 0.1) is 24.4 Å². The van der Waals surface area contributed by atoms with Crippen molar-refractivity contribution in [2.45, 2.75) is 180 Å². The van der Waals surface area contributed by atoms with Gasteiger partial charge in [-0.2, -0.15) is 0 Å². The van der Waals surface area contributed by atoms with Gasteiger partial charge in [0.15, 0.2) is 5.78 Å². The first-order valence-corrected chi connectivity index (χ1v) is 23.9. The summed E-state index contributed by atoms with van der Waals surface area (Å²) >= 11 is 0. The number of cyclic esters (lactones) is 1. The van der Waals surface area contributed by atoms with Crippen LogP contribution in [0.5, 0.6) is 0 Å². The first-order chi connectivity index (χ1) is 30.7. The number of ether oxygens (including phenoxy) is 5. The van der Waals surface area contributed by atoms with Gasteiger partial charge in [0, 0.05) is 58.5 Å². The van der Waals surface area contributed by atoms with Crippen LogP contribution in [0.2, 0.25) is 0 Å². The Balaban J connectivity index is 1.70. The molecule has 0 aromatic heterocycles. The van der Waals surface area contributed by atoms with Gasteiger partial charge in [0.25, 0.3) is 11.7 Å². The summed E-state index contributed by atoms with van der Waals surface area (Å²) in [5, 5.41) is 33.8. The van der Waals surface area contributed by atoms with Crippen molar-refractivity contribution in [1.82, 2.24) is 4.90 Å². The van der Waals surface area contributed by atoms with Crippen molar-refractivity contribution < 1.29 is 63.0 Å². The number of hydrogen-bond acceptors (Lipinski definition) is 13. The Hall–Kier alpha value is -3.37. The minimum Gasteiger partial charge on any atom is -0.460 e. The second-order valence-corrected chi connectivity index (χ2v) is 19.6. The molecule has 3 fully saturated rings. The summed E-state index contributed by atoms with van der Waals surface area (Å²) in [4.78, 5) is 71.8. The fourth-order valence-corrected chi connectivity index (χ4v) is 10.1. The maximum absolute atomic E-state index is 14.4. The Labute approximate surface area is 387 Å². The third kappa shape index (κ3) is 14.3. The van der Waals surface area contributed by atoms with E-state index in [4.69, 9.17) is 23.7 Å². The average molecular weight is 914 g/mol. The van der Waals surface area contributed by atoms with Gasteiger partial charge in [-0.25, -0.2) is 4.79 Å². The van der Waals surface area contributed by atoms with Gasteiger partial charge in [0.2, 0.25) is 5.79 Å². The Kier molecular flexibility index (Phi) is 21.0. The zero-order chi connectivity index (χ0) is 48.2. The number of fused-ring (bicyclic) bond motifs is 3. The number of allylic oxidation sites excluding steroid dienone is 6. The van der Waals surface area contributed by atoms with Crippen molar-refractivity contribution >= 4 is 29.2 Å². The van der Waals surface area contributed by atoms with E-state index in [2.05, 4.69) is 0 Å². The lowest BCUT2D eigenvalue weighted by Crippen LogP contribution is -2.61. The minimum atomic E-state index is -2.43. The Morgan fingerprint density at radius 2 is 1.57 bits per heavy atom. The van der Waals surface area contributed by atoms with Crippen molar-refractivity contribution in [1.29, 1.82) is 0 Å². The quantitative estimate of drug-likeness (QED) is 0.156. The molecule has 4 rings (SSSR count). The number of carbonyl (C=O) groups is 5. The molecular weight excluding hydrogens is 835 g/mol. The topological polar surface area (TPSA) is 195 Å². The zero-order valence-electron chi connectivity index (χ0n) is 40.6.